The Morgan fingerprint density at radius 2 is 1.88 bits per heavy atom. The van der Waals surface area contributed by atoms with Crippen molar-refractivity contribution in [2.24, 2.45) is 0 Å². The molecule has 0 aliphatic rings. The molecule has 162 valence electrons. The first-order chi connectivity index (χ1) is 15.6. The van der Waals surface area contributed by atoms with Gasteiger partial charge in [0.2, 0.25) is 0 Å². The minimum atomic E-state index is -0.659. The molecule has 0 aromatic carbocycles. The van der Waals surface area contributed by atoms with E-state index in [1.807, 2.05) is 43.3 Å². The second-order valence-electron chi connectivity index (χ2n) is 6.76. The van der Waals surface area contributed by atoms with E-state index in [0.29, 0.717) is 22.4 Å². The van der Waals surface area contributed by atoms with Gasteiger partial charge in [-0.1, -0.05) is 42.2 Å². The molecule has 0 aliphatic carbocycles. The molecule has 1 atom stereocenters. The molecule has 4 aromatic rings. The van der Waals surface area contributed by atoms with Crippen molar-refractivity contribution in [2.45, 2.75) is 21.9 Å². The van der Waals surface area contributed by atoms with Gasteiger partial charge in [-0.25, -0.2) is 19.3 Å². The molecule has 1 unspecified atom stereocenters. The summed E-state index contributed by atoms with van der Waals surface area (Å²) in [5, 5.41) is 6.49. The molecule has 0 aliphatic heterocycles. The number of amides is 1. The summed E-state index contributed by atoms with van der Waals surface area (Å²) in [5.41, 5.74) is 0.616. The summed E-state index contributed by atoms with van der Waals surface area (Å²) in [6, 6.07) is 12.7. The lowest BCUT2D eigenvalue weighted by molar-refractivity contribution is 0.0941. The van der Waals surface area contributed by atoms with Crippen molar-refractivity contribution in [1.29, 1.82) is 0 Å². The third-order valence-electron chi connectivity index (χ3n) is 4.43. The highest BCUT2D eigenvalue weighted by molar-refractivity contribution is 8.01. The third kappa shape index (κ3) is 5.45. The number of nitrogens with one attached hydrogen (secondary N) is 2. The zero-order valence-corrected chi connectivity index (χ0v) is 18.7. The predicted octanol–water partition coefficient (Wildman–Crippen LogP) is 4.90. The molecular formula is C22H19FN6OS2. The van der Waals surface area contributed by atoms with E-state index in [-0.39, 0.29) is 11.6 Å². The van der Waals surface area contributed by atoms with E-state index in [1.165, 1.54) is 29.3 Å². The van der Waals surface area contributed by atoms with Gasteiger partial charge in [0, 0.05) is 36.7 Å². The average molecular weight is 467 g/mol. The van der Waals surface area contributed by atoms with E-state index in [4.69, 9.17) is 0 Å². The number of hydrogen-bond acceptors (Lipinski definition) is 8. The van der Waals surface area contributed by atoms with Crippen molar-refractivity contribution in [2.75, 3.05) is 11.9 Å². The fourth-order valence-electron chi connectivity index (χ4n) is 2.78. The zero-order valence-electron chi connectivity index (χ0n) is 17.0. The molecule has 10 heteroatoms. The van der Waals surface area contributed by atoms with Crippen molar-refractivity contribution < 1.29 is 9.18 Å². The van der Waals surface area contributed by atoms with Gasteiger partial charge >= 0.3 is 0 Å². The molecule has 2 N–H and O–H groups in total. The van der Waals surface area contributed by atoms with Crippen LogP contribution >= 0.6 is 23.1 Å². The summed E-state index contributed by atoms with van der Waals surface area (Å²) in [5.74, 6) is -0.557. The quantitative estimate of drug-likeness (QED) is 0.382. The summed E-state index contributed by atoms with van der Waals surface area (Å²) in [7, 11) is 0. The molecule has 32 heavy (non-hydrogen) atoms. The zero-order chi connectivity index (χ0) is 22.3. The molecule has 7 nitrogen and oxygen atoms in total. The fraction of sp³-hybridized carbons (Fsp3) is 0.136. The molecule has 0 radical (unpaired) electrons. The third-order valence-corrected chi connectivity index (χ3v) is 6.47. The second-order valence-corrected chi connectivity index (χ2v) is 9.14. The maximum absolute atomic E-state index is 15.0. The Hall–Kier alpha value is -3.37. The normalized spacial score (nSPS) is 11.7. The number of carbonyl (C=O) groups excluding carboxylic acids is 1. The molecule has 0 saturated heterocycles. The minimum absolute atomic E-state index is 0.0111. The van der Waals surface area contributed by atoms with Gasteiger partial charge in [-0.15, -0.1) is 0 Å². The molecule has 0 spiro atoms. The summed E-state index contributed by atoms with van der Waals surface area (Å²) < 4.78 is 15.8. The Morgan fingerprint density at radius 1 is 1.06 bits per heavy atom. The summed E-state index contributed by atoms with van der Waals surface area (Å²) >= 11 is 2.55. The number of pyridine rings is 3. The van der Waals surface area contributed by atoms with E-state index in [1.54, 1.807) is 24.7 Å². The lowest BCUT2D eigenvalue weighted by Gasteiger charge is -2.12. The van der Waals surface area contributed by atoms with E-state index in [0.717, 1.165) is 9.90 Å². The summed E-state index contributed by atoms with van der Waals surface area (Å²) in [6.45, 7) is 2.27. The second kappa shape index (κ2) is 10.3. The standard InChI is InChI=1S/C22H19FN6OS2/c1-14(15-6-2-4-9-24-15)12-27-21(30)20-19(23)16(8-11-26-20)31-18-13-28-22(32-18)29-17-7-3-5-10-25-17/h2-11,13-14H,12H2,1H3,(H,27,30)(H,25,28,29). The Bertz CT molecular complexity index is 1190. The first-order valence-electron chi connectivity index (χ1n) is 9.75. The molecule has 0 fully saturated rings. The number of aromatic nitrogens is 4. The maximum atomic E-state index is 15.0. The molecular weight excluding hydrogens is 447 g/mol. The fourth-order valence-corrected chi connectivity index (χ4v) is 4.65. The molecule has 0 saturated carbocycles. The van der Waals surface area contributed by atoms with Gasteiger partial charge in [0.15, 0.2) is 16.6 Å². The minimum Gasteiger partial charge on any atom is -0.350 e. The lowest BCUT2D eigenvalue weighted by atomic mass is 10.1. The molecule has 1 amide bonds. The highest BCUT2D eigenvalue weighted by Crippen LogP contribution is 2.36. The topological polar surface area (TPSA) is 92.7 Å². The van der Waals surface area contributed by atoms with Gasteiger partial charge < -0.3 is 10.6 Å². The predicted molar refractivity (Wildman–Crippen MR) is 123 cm³/mol. The van der Waals surface area contributed by atoms with E-state index >= 15 is 4.39 Å². The van der Waals surface area contributed by atoms with Crippen LogP contribution in [0, 0.1) is 5.82 Å². The SMILES string of the molecule is CC(CNC(=O)c1nccc(Sc2cnc(Nc3ccccn3)s2)c1F)c1ccccn1. The van der Waals surface area contributed by atoms with E-state index < -0.39 is 11.7 Å². The monoisotopic (exact) mass is 466 g/mol. The first-order valence-corrected chi connectivity index (χ1v) is 11.4. The van der Waals surface area contributed by atoms with Crippen LogP contribution in [0.1, 0.15) is 29.0 Å². The van der Waals surface area contributed by atoms with Crippen LogP contribution < -0.4 is 10.6 Å². The number of rotatable bonds is 8. The maximum Gasteiger partial charge on any atom is 0.272 e. The van der Waals surface area contributed by atoms with Crippen molar-refractivity contribution in [1.82, 2.24) is 25.3 Å². The number of hydrogen-bond donors (Lipinski definition) is 2. The van der Waals surface area contributed by atoms with Crippen molar-refractivity contribution in [3.8, 4) is 0 Å². The molecule has 4 rings (SSSR count). The molecule has 4 aromatic heterocycles. The lowest BCUT2D eigenvalue weighted by Crippen LogP contribution is -2.29. The van der Waals surface area contributed by atoms with Gasteiger partial charge in [-0.3, -0.25) is 9.78 Å². The van der Waals surface area contributed by atoms with Gasteiger partial charge in [0.05, 0.1) is 15.3 Å². The highest BCUT2D eigenvalue weighted by Gasteiger charge is 2.19. The summed E-state index contributed by atoms with van der Waals surface area (Å²) in [4.78, 5) is 29.6. The number of halogens is 1. The largest absolute Gasteiger partial charge is 0.350 e. The Morgan fingerprint density at radius 3 is 2.62 bits per heavy atom. The highest BCUT2D eigenvalue weighted by atomic mass is 32.2. The van der Waals surface area contributed by atoms with Crippen LogP contribution in [0.5, 0.6) is 0 Å². The van der Waals surface area contributed by atoms with Gasteiger partial charge in [0.25, 0.3) is 5.91 Å². The van der Waals surface area contributed by atoms with Crippen LogP contribution in [-0.2, 0) is 0 Å². The smallest absolute Gasteiger partial charge is 0.272 e. The van der Waals surface area contributed by atoms with E-state index in [9.17, 15) is 4.79 Å². The van der Waals surface area contributed by atoms with Gasteiger partial charge in [-0.2, -0.15) is 0 Å². The van der Waals surface area contributed by atoms with Crippen LogP contribution in [0.25, 0.3) is 0 Å². The van der Waals surface area contributed by atoms with Gasteiger partial charge in [-0.05, 0) is 30.3 Å². The Labute approximate surface area is 192 Å². The molecule has 4 heterocycles. The van der Waals surface area contributed by atoms with Crippen LogP contribution in [-0.4, -0.2) is 32.4 Å². The van der Waals surface area contributed by atoms with Gasteiger partial charge in [0.1, 0.15) is 5.82 Å². The number of carbonyl (C=O) groups is 1. The summed E-state index contributed by atoms with van der Waals surface area (Å²) in [6.07, 6.45) is 6.46. The van der Waals surface area contributed by atoms with Crippen LogP contribution in [0.4, 0.5) is 15.3 Å². The average Bonchev–Trinajstić information content (AvgIpc) is 3.26. The van der Waals surface area contributed by atoms with Crippen molar-refractivity contribution >= 4 is 40.0 Å². The molecule has 0 bridgehead atoms. The Balaban J connectivity index is 1.40. The first kappa shape index (κ1) is 21.8. The van der Waals surface area contributed by atoms with Crippen molar-refractivity contribution in [3.05, 3.63) is 84.5 Å². The number of anilines is 2. The number of nitrogens with zero attached hydrogens (tertiary/aromatic N) is 4. The number of thiazole rings is 1. The van der Waals surface area contributed by atoms with E-state index in [2.05, 4.69) is 30.6 Å². The van der Waals surface area contributed by atoms with Crippen molar-refractivity contribution in [3.63, 3.8) is 0 Å². The van der Waals surface area contributed by atoms with Crippen LogP contribution in [0.2, 0.25) is 0 Å². The van der Waals surface area contributed by atoms with Crippen LogP contribution in [0.15, 0.2) is 76.4 Å². The Kier molecular flexibility index (Phi) is 7.03. The van der Waals surface area contributed by atoms with Crippen LogP contribution in [0.3, 0.4) is 0 Å².